The third-order valence-corrected chi connectivity index (χ3v) is 5.76. The fourth-order valence-corrected chi connectivity index (χ4v) is 4.06. The van der Waals surface area contributed by atoms with E-state index in [1.807, 2.05) is 12.1 Å². The van der Waals surface area contributed by atoms with E-state index in [-0.39, 0.29) is 29.0 Å². The summed E-state index contributed by atoms with van der Waals surface area (Å²) in [5, 5.41) is 3.52. The van der Waals surface area contributed by atoms with Gasteiger partial charge in [-0.05, 0) is 61.4 Å². The van der Waals surface area contributed by atoms with Crippen LogP contribution in [0, 0.1) is 11.8 Å². The van der Waals surface area contributed by atoms with Crippen LogP contribution in [0.3, 0.4) is 0 Å². The molecule has 29 heavy (non-hydrogen) atoms. The maximum Gasteiger partial charge on any atom is 0.328 e. The smallest absolute Gasteiger partial charge is 0.328 e. The summed E-state index contributed by atoms with van der Waals surface area (Å²) >= 11 is 0. The van der Waals surface area contributed by atoms with Gasteiger partial charge in [0.1, 0.15) is 0 Å². The first-order chi connectivity index (χ1) is 14.1. The van der Waals surface area contributed by atoms with Crippen LogP contribution >= 0.6 is 0 Å². The molecule has 150 valence electrons. The van der Waals surface area contributed by atoms with E-state index in [1.165, 1.54) is 4.57 Å². The number of carbonyl (C=O) groups excluding carboxylic acids is 1. The van der Waals surface area contributed by atoms with Crippen molar-refractivity contribution in [2.45, 2.75) is 38.8 Å². The van der Waals surface area contributed by atoms with Gasteiger partial charge in [-0.3, -0.25) is 19.1 Å². The van der Waals surface area contributed by atoms with Crippen molar-refractivity contribution in [1.82, 2.24) is 19.9 Å². The molecule has 4 rings (SSSR count). The number of nitrogens with one attached hydrogen (secondary N) is 2. The monoisotopic (exact) mass is 392 g/mol. The molecule has 2 aromatic heterocycles. The Kier molecular flexibility index (Phi) is 5.55. The molecule has 1 aliphatic rings. The lowest BCUT2D eigenvalue weighted by molar-refractivity contribution is -0.126. The van der Waals surface area contributed by atoms with Crippen LogP contribution in [0.25, 0.3) is 10.9 Å². The van der Waals surface area contributed by atoms with Gasteiger partial charge >= 0.3 is 5.69 Å². The number of fused-ring (bicyclic) bond motifs is 1. The summed E-state index contributed by atoms with van der Waals surface area (Å²) in [6.45, 7) is 0.896. The van der Waals surface area contributed by atoms with Gasteiger partial charge in [0.05, 0.1) is 10.9 Å². The summed E-state index contributed by atoms with van der Waals surface area (Å²) in [7, 11) is 0. The minimum atomic E-state index is -0.370. The molecule has 0 spiro atoms. The van der Waals surface area contributed by atoms with Gasteiger partial charge in [-0.25, -0.2) is 4.79 Å². The summed E-state index contributed by atoms with van der Waals surface area (Å²) in [6.07, 6.45) is 6.62. The topological polar surface area (TPSA) is 96.8 Å². The van der Waals surface area contributed by atoms with Crippen LogP contribution in [0.4, 0.5) is 0 Å². The molecule has 3 aromatic rings. The van der Waals surface area contributed by atoms with E-state index >= 15 is 0 Å². The van der Waals surface area contributed by atoms with Crippen molar-refractivity contribution in [3.8, 4) is 0 Å². The lowest BCUT2D eigenvalue weighted by Crippen LogP contribution is -2.39. The highest BCUT2D eigenvalue weighted by Crippen LogP contribution is 2.29. The SMILES string of the molecule is O=C(NCc1ccncc1)C1CCC(Cn2c(=O)[nH]c3ccccc3c2=O)CC1. The number of aromatic amines is 1. The van der Waals surface area contributed by atoms with Gasteiger partial charge in [0.15, 0.2) is 0 Å². The van der Waals surface area contributed by atoms with Crippen molar-refractivity contribution in [3.63, 3.8) is 0 Å². The molecule has 0 aliphatic heterocycles. The average molecular weight is 392 g/mol. The molecule has 7 heteroatoms. The van der Waals surface area contributed by atoms with Crippen molar-refractivity contribution < 1.29 is 4.79 Å². The van der Waals surface area contributed by atoms with Crippen LogP contribution < -0.4 is 16.6 Å². The summed E-state index contributed by atoms with van der Waals surface area (Å²) < 4.78 is 1.30. The zero-order chi connectivity index (χ0) is 20.2. The second-order valence-electron chi connectivity index (χ2n) is 7.68. The van der Waals surface area contributed by atoms with Crippen LogP contribution in [-0.2, 0) is 17.9 Å². The lowest BCUT2D eigenvalue weighted by Gasteiger charge is -2.28. The maximum absolute atomic E-state index is 12.7. The van der Waals surface area contributed by atoms with Crippen LogP contribution in [0.1, 0.15) is 31.2 Å². The van der Waals surface area contributed by atoms with Gasteiger partial charge in [-0.15, -0.1) is 0 Å². The molecule has 1 amide bonds. The van der Waals surface area contributed by atoms with Crippen molar-refractivity contribution in [1.29, 1.82) is 0 Å². The Bertz CT molecular complexity index is 1110. The van der Waals surface area contributed by atoms with E-state index < -0.39 is 0 Å². The third kappa shape index (κ3) is 4.29. The zero-order valence-corrected chi connectivity index (χ0v) is 16.1. The molecule has 7 nitrogen and oxygen atoms in total. The molecular weight excluding hydrogens is 368 g/mol. The number of aromatic nitrogens is 3. The second kappa shape index (κ2) is 8.43. The first kappa shape index (κ1) is 19.1. The Morgan fingerprint density at radius 2 is 1.79 bits per heavy atom. The number of carbonyl (C=O) groups is 1. The number of hydrogen-bond donors (Lipinski definition) is 2. The largest absolute Gasteiger partial charge is 0.352 e. The Morgan fingerprint density at radius 3 is 2.55 bits per heavy atom. The molecule has 1 aliphatic carbocycles. The fraction of sp³-hybridized carbons (Fsp3) is 0.364. The predicted molar refractivity (Wildman–Crippen MR) is 110 cm³/mol. The summed E-state index contributed by atoms with van der Waals surface area (Å²) in [4.78, 5) is 44.3. The second-order valence-corrected chi connectivity index (χ2v) is 7.68. The van der Waals surface area contributed by atoms with E-state index in [9.17, 15) is 14.4 Å². The van der Waals surface area contributed by atoms with Crippen molar-refractivity contribution in [2.24, 2.45) is 11.8 Å². The molecule has 1 saturated carbocycles. The molecule has 2 heterocycles. The Labute approximate surface area is 167 Å². The summed E-state index contributed by atoms with van der Waals surface area (Å²) in [5.74, 6) is 0.278. The highest BCUT2D eigenvalue weighted by atomic mass is 16.2. The van der Waals surface area contributed by atoms with Gasteiger partial charge in [-0.2, -0.15) is 0 Å². The first-order valence-corrected chi connectivity index (χ1v) is 10.0. The van der Waals surface area contributed by atoms with Crippen molar-refractivity contribution in [3.05, 3.63) is 75.2 Å². The first-order valence-electron chi connectivity index (χ1n) is 10.0. The van der Waals surface area contributed by atoms with Crippen LogP contribution in [0.2, 0.25) is 0 Å². The summed E-state index contributed by atoms with van der Waals surface area (Å²) in [6, 6.07) is 10.8. The van der Waals surface area contributed by atoms with E-state index in [0.717, 1.165) is 31.2 Å². The lowest BCUT2D eigenvalue weighted by atomic mass is 9.81. The quantitative estimate of drug-likeness (QED) is 0.696. The predicted octanol–water partition coefficient (Wildman–Crippen LogP) is 2.21. The molecule has 0 bridgehead atoms. The normalized spacial score (nSPS) is 19.2. The van der Waals surface area contributed by atoms with Crippen LogP contribution in [-0.4, -0.2) is 20.4 Å². The highest BCUT2D eigenvalue weighted by molar-refractivity contribution is 5.78. The number of pyridine rings is 1. The molecular formula is C22H24N4O3. The zero-order valence-electron chi connectivity index (χ0n) is 16.1. The molecule has 0 unspecified atom stereocenters. The highest BCUT2D eigenvalue weighted by Gasteiger charge is 2.27. The van der Waals surface area contributed by atoms with Crippen molar-refractivity contribution in [2.75, 3.05) is 0 Å². The van der Waals surface area contributed by atoms with Gasteiger partial charge in [0.2, 0.25) is 5.91 Å². The van der Waals surface area contributed by atoms with Gasteiger partial charge in [0, 0.05) is 31.4 Å². The molecule has 0 atom stereocenters. The van der Waals surface area contributed by atoms with Crippen LogP contribution in [0.5, 0.6) is 0 Å². The van der Waals surface area contributed by atoms with Gasteiger partial charge in [-0.1, -0.05) is 12.1 Å². The number of H-pyrrole nitrogens is 1. The van der Waals surface area contributed by atoms with E-state index in [0.29, 0.717) is 24.0 Å². The number of nitrogens with zero attached hydrogens (tertiary/aromatic N) is 2. The third-order valence-electron chi connectivity index (χ3n) is 5.76. The van der Waals surface area contributed by atoms with E-state index in [2.05, 4.69) is 15.3 Å². The Balaban J connectivity index is 1.36. The molecule has 1 aromatic carbocycles. The number of para-hydroxylation sites is 1. The standard InChI is InChI=1S/C22H24N4O3/c27-20(24-13-15-9-11-23-12-10-15)17-7-5-16(6-8-17)14-26-21(28)18-3-1-2-4-19(18)25-22(26)29/h1-4,9-12,16-17H,5-8,13-14H2,(H,24,27)(H,25,29). The minimum Gasteiger partial charge on any atom is -0.352 e. The minimum absolute atomic E-state index is 0.0142. The van der Waals surface area contributed by atoms with Crippen molar-refractivity contribution >= 4 is 16.8 Å². The average Bonchev–Trinajstić information content (AvgIpc) is 2.76. The Morgan fingerprint density at radius 1 is 1.07 bits per heavy atom. The molecule has 0 radical (unpaired) electrons. The number of hydrogen-bond acceptors (Lipinski definition) is 4. The molecule has 0 saturated heterocycles. The van der Waals surface area contributed by atoms with E-state index in [1.54, 1.807) is 36.7 Å². The van der Waals surface area contributed by atoms with E-state index in [4.69, 9.17) is 0 Å². The molecule has 2 N–H and O–H groups in total. The number of amides is 1. The number of rotatable bonds is 5. The summed E-state index contributed by atoms with van der Waals surface area (Å²) in [5.41, 5.74) is 0.970. The van der Waals surface area contributed by atoms with Crippen LogP contribution in [0.15, 0.2) is 58.4 Å². The fourth-order valence-electron chi connectivity index (χ4n) is 4.06. The van der Waals surface area contributed by atoms with Gasteiger partial charge in [0.25, 0.3) is 5.56 Å². The molecule has 1 fully saturated rings. The number of benzene rings is 1. The maximum atomic E-state index is 12.7. The Hall–Kier alpha value is -3.22. The van der Waals surface area contributed by atoms with Gasteiger partial charge < -0.3 is 10.3 Å².